The Kier molecular flexibility index (Phi) is 7.94. The van der Waals surface area contributed by atoms with E-state index < -0.39 is 41.9 Å². The summed E-state index contributed by atoms with van der Waals surface area (Å²) in [5.74, 6) is -3.65. The highest BCUT2D eigenvalue weighted by atomic mass is 16.4. The topological polar surface area (TPSA) is 185 Å². The normalized spacial score (nSPS) is 14.6. The molecule has 0 fully saturated rings. The van der Waals surface area contributed by atoms with Crippen LogP contribution in [0.1, 0.15) is 19.8 Å². The summed E-state index contributed by atoms with van der Waals surface area (Å²) in [5, 5.41) is 22.7. The van der Waals surface area contributed by atoms with Crippen LogP contribution in [0.4, 0.5) is 0 Å². The molecule has 10 heteroatoms. The minimum atomic E-state index is -1.36. The SMILES string of the molecule is C[C@@H](O)[C@H](NC(=O)CN)C(=O)N[C@@H](CCC(N)=O)C(=O)O. The van der Waals surface area contributed by atoms with Crippen molar-refractivity contribution in [3.05, 3.63) is 0 Å². The van der Waals surface area contributed by atoms with Crippen molar-refractivity contribution >= 4 is 23.7 Å². The van der Waals surface area contributed by atoms with Gasteiger partial charge in [0.2, 0.25) is 17.7 Å². The lowest BCUT2D eigenvalue weighted by Crippen LogP contribution is -2.56. The standard InChI is InChI=1S/C11H20N4O6/c1-5(16)9(15-8(18)4-12)10(19)14-6(11(20)21)2-3-7(13)17/h5-6,9,16H,2-4,12H2,1H3,(H2,13,17)(H,14,19)(H,15,18)(H,20,21)/t5-,6+,9+/m1/s1. The highest BCUT2D eigenvalue weighted by Crippen LogP contribution is 2.00. The van der Waals surface area contributed by atoms with Crippen LogP contribution in [0.25, 0.3) is 0 Å². The van der Waals surface area contributed by atoms with Crippen molar-refractivity contribution in [1.82, 2.24) is 10.6 Å². The van der Waals surface area contributed by atoms with Gasteiger partial charge in [0.15, 0.2) is 0 Å². The molecule has 0 saturated heterocycles. The second-order valence-corrected chi connectivity index (χ2v) is 4.39. The number of hydrogen-bond donors (Lipinski definition) is 6. The van der Waals surface area contributed by atoms with Crippen LogP contribution >= 0.6 is 0 Å². The van der Waals surface area contributed by atoms with Crippen molar-refractivity contribution in [1.29, 1.82) is 0 Å². The first-order valence-corrected chi connectivity index (χ1v) is 6.18. The van der Waals surface area contributed by atoms with Crippen molar-refractivity contribution in [2.45, 2.75) is 38.0 Å². The zero-order valence-electron chi connectivity index (χ0n) is 11.5. The van der Waals surface area contributed by atoms with Gasteiger partial charge in [-0.2, -0.15) is 0 Å². The van der Waals surface area contributed by atoms with Crippen molar-refractivity contribution < 1.29 is 29.4 Å². The second-order valence-electron chi connectivity index (χ2n) is 4.39. The summed E-state index contributed by atoms with van der Waals surface area (Å²) in [4.78, 5) is 44.7. The number of primary amides is 1. The van der Waals surface area contributed by atoms with Crippen LogP contribution in [-0.4, -0.2) is 58.6 Å². The van der Waals surface area contributed by atoms with E-state index in [1.807, 2.05) is 0 Å². The average Bonchev–Trinajstić information content (AvgIpc) is 2.38. The molecule has 3 amide bonds. The molecule has 0 rings (SSSR count). The molecule has 0 saturated carbocycles. The minimum Gasteiger partial charge on any atom is -0.480 e. The number of hydrogen-bond acceptors (Lipinski definition) is 6. The second kappa shape index (κ2) is 8.87. The fraction of sp³-hybridized carbons (Fsp3) is 0.636. The third-order valence-corrected chi connectivity index (χ3v) is 2.56. The van der Waals surface area contributed by atoms with Gasteiger partial charge in [-0.25, -0.2) is 4.79 Å². The zero-order chi connectivity index (χ0) is 16.6. The Morgan fingerprint density at radius 3 is 2.14 bits per heavy atom. The van der Waals surface area contributed by atoms with Gasteiger partial charge in [0.05, 0.1) is 12.6 Å². The maximum absolute atomic E-state index is 11.9. The number of amides is 3. The molecule has 0 aromatic rings. The summed E-state index contributed by atoms with van der Waals surface area (Å²) in [7, 11) is 0. The van der Waals surface area contributed by atoms with Crippen LogP contribution in [0, 0.1) is 0 Å². The maximum atomic E-state index is 11.9. The highest BCUT2D eigenvalue weighted by Gasteiger charge is 2.29. The predicted molar refractivity (Wildman–Crippen MR) is 70.7 cm³/mol. The van der Waals surface area contributed by atoms with E-state index in [-0.39, 0.29) is 19.4 Å². The Balaban J connectivity index is 4.79. The van der Waals surface area contributed by atoms with Gasteiger partial charge in [0.1, 0.15) is 12.1 Å². The van der Waals surface area contributed by atoms with E-state index in [1.54, 1.807) is 0 Å². The minimum absolute atomic E-state index is 0.201. The molecule has 0 aromatic heterocycles. The Labute approximate surface area is 120 Å². The first kappa shape index (κ1) is 18.8. The highest BCUT2D eigenvalue weighted by molar-refractivity contribution is 5.91. The Morgan fingerprint density at radius 2 is 1.76 bits per heavy atom. The maximum Gasteiger partial charge on any atom is 0.326 e. The largest absolute Gasteiger partial charge is 0.480 e. The van der Waals surface area contributed by atoms with Gasteiger partial charge in [-0.05, 0) is 13.3 Å². The molecule has 0 aliphatic rings. The number of aliphatic carboxylic acids is 1. The summed E-state index contributed by atoms with van der Waals surface area (Å²) in [5.41, 5.74) is 9.99. The van der Waals surface area contributed by atoms with E-state index in [2.05, 4.69) is 10.6 Å². The Morgan fingerprint density at radius 1 is 1.19 bits per heavy atom. The molecule has 0 heterocycles. The number of aliphatic hydroxyl groups excluding tert-OH is 1. The number of carbonyl (C=O) groups is 4. The van der Waals surface area contributed by atoms with Gasteiger partial charge in [-0.1, -0.05) is 0 Å². The van der Waals surface area contributed by atoms with Crippen LogP contribution < -0.4 is 22.1 Å². The van der Waals surface area contributed by atoms with E-state index in [1.165, 1.54) is 6.92 Å². The van der Waals surface area contributed by atoms with E-state index >= 15 is 0 Å². The van der Waals surface area contributed by atoms with Crippen LogP contribution in [0.2, 0.25) is 0 Å². The number of aliphatic hydroxyl groups is 1. The van der Waals surface area contributed by atoms with E-state index in [0.29, 0.717) is 0 Å². The van der Waals surface area contributed by atoms with Crippen LogP contribution in [0.3, 0.4) is 0 Å². The average molecular weight is 304 g/mol. The smallest absolute Gasteiger partial charge is 0.326 e. The summed E-state index contributed by atoms with van der Waals surface area (Å²) < 4.78 is 0. The number of rotatable bonds is 9. The molecule has 0 aliphatic heterocycles. The first-order chi connectivity index (χ1) is 9.68. The molecule has 0 aliphatic carbocycles. The molecular formula is C11H20N4O6. The van der Waals surface area contributed by atoms with Crippen molar-refractivity contribution in [3.63, 3.8) is 0 Å². The van der Waals surface area contributed by atoms with Gasteiger partial charge in [-0.3, -0.25) is 14.4 Å². The molecule has 0 aromatic carbocycles. The van der Waals surface area contributed by atoms with Gasteiger partial charge >= 0.3 is 5.97 Å². The van der Waals surface area contributed by atoms with Gasteiger partial charge in [-0.15, -0.1) is 0 Å². The molecule has 0 radical (unpaired) electrons. The lowest BCUT2D eigenvalue weighted by molar-refractivity contribution is -0.143. The third kappa shape index (κ3) is 7.22. The first-order valence-electron chi connectivity index (χ1n) is 6.18. The predicted octanol–water partition coefficient (Wildman–Crippen LogP) is -3.35. The Hall–Kier alpha value is -2.20. The molecule has 0 bridgehead atoms. The van der Waals surface area contributed by atoms with Crippen LogP contribution in [0.15, 0.2) is 0 Å². The quantitative estimate of drug-likeness (QED) is 0.257. The molecule has 8 N–H and O–H groups in total. The van der Waals surface area contributed by atoms with Crippen molar-refractivity contribution in [3.8, 4) is 0 Å². The third-order valence-electron chi connectivity index (χ3n) is 2.56. The summed E-state index contributed by atoms with van der Waals surface area (Å²) in [6, 6.07) is -2.71. The summed E-state index contributed by atoms with van der Waals surface area (Å²) >= 11 is 0. The molecular weight excluding hydrogens is 284 g/mol. The van der Waals surface area contributed by atoms with Crippen LogP contribution in [-0.2, 0) is 19.2 Å². The number of carboxylic acids is 1. The lowest BCUT2D eigenvalue weighted by atomic mass is 10.1. The molecule has 0 spiro atoms. The molecule has 0 unspecified atom stereocenters. The molecule has 10 nitrogen and oxygen atoms in total. The monoisotopic (exact) mass is 304 g/mol. The number of nitrogens with two attached hydrogens (primary N) is 2. The number of carbonyl (C=O) groups excluding carboxylic acids is 3. The molecule has 3 atom stereocenters. The number of nitrogens with one attached hydrogen (secondary N) is 2. The van der Waals surface area contributed by atoms with Crippen molar-refractivity contribution in [2.24, 2.45) is 11.5 Å². The summed E-state index contributed by atoms with van der Waals surface area (Å²) in [6.07, 6.45) is -1.69. The summed E-state index contributed by atoms with van der Waals surface area (Å²) in [6.45, 7) is 0.862. The Bertz CT molecular complexity index is 412. The van der Waals surface area contributed by atoms with Crippen LogP contribution in [0.5, 0.6) is 0 Å². The molecule has 120 valence electrons. The molecule has 21 heavy (non-hydrogen) atoms. The van der Waals surface area contributed by atoms with E-state index in [4.69, 9.17) is 16.6 Å². The van der Waals surface area contributed by atoms with Crippen molar-refractivity contribution in [2.75, 3.05) is 6.54 Å². The fourth-order valence-electron chi connectivity index (χ4n) is 1.44. The fourth-order valence-corrected chi connectivity index (χ4v) is 1.44. The van der Waals surface area contributed by atoms with E-state index in [0.717, 1.165) is 0 Å². The number of carboxylic acid groups (broad SMARTS) is 1. The lowest BCUT2D eigenvalue weighted by Gasteiger charge is -2.23. The zero-order valence-corrected chi connectivity index (χ0v) is 11.5. The van der Waals surface area contributed by atoms with Gasteiger partial charge < -0.3 is 32.3 Å². The van der Waals surface area contributed by atoms with E-state index in [9.17, 15) is 24.3 Å². The van der Waals surface area contributed by atoms with Gasteiger partial charge in [0, 0.05) is 6.42 Å². The van der Waals surface area contributed by atoms with Gasteiger partial charge in [0.25, 0.3) is 0 Å².